The lowest BCUT2D eigenvalue weighted by atomic mass is 10.1. The van der Waals surface area contributed by atoms with Gasteiger partial charge in [-0.05, 0) is 56.3 Å². The van der Waals surface area contributed by atoms with E-state index in [4.69, 9.17) is 4.42 Å². The van der Waals surface area contributed by atoms with Crippen LogP contribution in [0.1, 0.15) is 35.0 Å². The molecule has 1 fully saturated rings. The number of furan rings is 1. The molecule has 124 valence electrons. The minimum atomic E-state index is -0.0546. The molecule has 1 saturated heterocycles. The summed E-state index contributed by atoms with van der Waals surface area (Å²) in [7, 11) is 0. The lowest BCUT2D eigenvalue weighted by Crippen LogP contribution is -2.36. The quantitative estimate of drug-likeness (QED) is 0.772. The van der Waals surface area contributed by atoms with Crippen LogP contribution in [-0.2, 0) is 0 Å². The van der Waals surface area contributed by atoms with Crippen LogP contribution in [0.5, 0.6) is 0 Å². The van der Waals surface area contributed by atoms with Gasteiger partial charge in [-0.2, -0.15) is 0 Å². The number of thiazole rings is 1. The zero-order valence-corrected chi connectivity index (χ0v) is 14.1. The van der Waals surface area contributed by atoms with Crippen molar-refractivity contribution in [2.75, 3.05) is 19.6 Å². The van der Waals surface area contributed by atoms with Gasteiger partial charge in [-0.25, -0.2) is 4.98 Å². The Bertz CT molecular complexity index is 822. The third-order valence-corrected chi connectivity index (χ3v) is 5.29. The van der Waals surface area contributed by atoms with Gasteiger partial charge < -0.3 is 9.73 Å². The zero-order valence-electron chi connectivity index (χ0n) is 13.3. The monoisotopic (exact) mass is 341 g/mol. The molecule has 24 heavy (non-hydrogen) atoms. The third kappa shape index (κ3) is 3.07. The minimum absolute atomic E-state index is 0.0546. The molecule has 1 atom stereocenters. The van der Waals surface area contributed by atoms with Gasteiger partial charge in [-0.1, -0.05) is 0 Å². The Labute approximate surface area is 144 Å². The van der Waals surface area contributed by atoms with Crippen LogP contribution in [0.25, 0.3) is 10.2 Å². The van der Waals surface area contributed by atoms with Gasteiger partial charge in [0, 0.05) is 12.1 Å². The molecule has 0 spiro atoms. The first-order chi connectivity index (χ1) is 11.8. The van der Waals surface area contributed by atoms with Crippen molar-refractivity contribution in [2.45, 2.75) is 18.9 Å². The van der Waals surface area contributed by atoms with Gasteiger partial charge in [0.25, 0.3) is 5.91 Å². The highest BCUT2D eigenvalue weighted by Crippen LogP contribution is 2.25. The summed E-state index contributed by atoms with van der Waals surface area (Å²) in [6.45, 7) is 2.65. The number of fused-ring (bicyclic) bond motifs is 1. The number of amides is 1. The Balaban J connectivity index is 1.47. The van der Waals surface area contributed by atoms with Crippen LogP contribution in [-0.4, -0.2) is 35.4 Å². The van der Waals surface area contributed by atoms with Crippen molar-refractivity contribution >= 4 is 27.5 Å². The molecule has 0 radical (unpaired) electrons. The molecule has 0 bridgehead atoms. The van der Waals surface area contributed by atoms with Crippen LogP contribution in [0.2, 0.25) is 0 Å². The van der Waals surface area contributed by atoms with Gasteiger partial charge >= 0.3 is 0 Å². The second-order valence-electron chi connectivity index (χ2n) is 6.02. The van der Waals surface area contributed by atoms with Crippen molar-refractivity contribution in [1.82, 2.24) is 15.2 Å². The smallest absolute Gasteiger partial charge is 0.251 e. The fourth-order valence-corrected chi connectivity index (χ4v) is 3.95. The average molecular weight is 341 g/mol. The molecule has 1 aliphatic rings. The van der Waals surface area contributed by atoms with Gasteiger partial charge in [0.15, 0.2) is 0 Å². The molecule has 0 aliphatic carbocycles. The Morgan fingerprint density at radius 1 is 1.33 bits per heavy atom. The molecule has 1 N–H and O–H groups in total. The lowest BCUT2D eigenvalue weighted by Gasteiger charge is -2.26. The zero-order chi connectivity index (χ0) is 16.4. The predicted octanol–water partition coefficient (Wildman–Crippen LogP) is 3.46. The molecule has 5 nitrogen and oxygen atoms in total. The minimum Gasteiger partial charge on any atom is -0.468 e. The van der Waals surface area contributed by atoms with E-state index in [0.717, 1.165) is 29.1 Å². The first-order valence-electron chi connectivity index (χ1n) is 8.20. The van der Waals surface area contributed by atoms with Crippen LogP contribution in [0.4, 0.5) is 0 Å². The molecule has 1 aromatic carbocycles. The summed E-state index contributed by atoms with van der Waals surface area (Å²) in [4.78, 5) is 19.2. The van der Waals surface area contributed by atoms with Gasteiger partial charge in [0.2, 0.25) is 0 Å². The predicted molar refractivity (Wildman–Crippen MR) is 94.2 cm³/mol. The summed E-state index contributed by atoms with van der Waals surface area (Å²) < 4.78 is 6.63. The second-order valence-corrected chi connectivity index (χ2v) is 6.91. The molecule has 1 unspecified atom stereocenters. The Kier molecular flexibility index (Phi) is 4.32. The van der Waals surface area contributed by atoms with E-state index in [9.17, 15) is 4.79 Å². The van der Waals surface area contributed by atoms with E-state index in [0.29, 0.717) is 12.1 Å². The molecule has 1 aliphatic heterocycles. The van der Waals surface area contributed by atoms with Crippen LogP contribution in [0, 0.1) is 0 Å². The molecular weight excluding hydrogens is 322 g/mol. The Hall–Kier alpha value is -2.18. The number of hydrogen-bond acceptors (Lipinski definition) is 5. The van der Waals surface area contributed by atoms with E-state index in [1.807, 2.05) is 30.3 Å². The van der Waals surface area contributed by atoms with E-state index >= 15 is 0 Å². The molecule has 4 rings (SSSR count). The lowest BCUT2D eigenvalue weighted by molar-refractivity contribution is 0.0934. The summed E-state index contributed by atoms with van der Waals surface area (Å²) in [5, 5.41) is 3.06. The SMILES string of the molecule is O=C(NCC(c1ccco1)N1CCCC1)c1ccc2ncsc2c1. The number of rotatable bonds is 5. The number of carbonyl (C=O) groups is 1. The van der Waals surface area contributed by atoms with Crippen LogP contribution < -0.4 is 5.32 Å². The van der Waals surface area contributed by atoms with Gasteiger partial charge in [0.05, 0.1) is 28.0 Å². The van der Waals surface area contributed by atoms with Crippen molar-refractivity contribution in [2.24, 2.45) is 0 Å². The van der Waals surface area contributed by atoms with E-state index < -0.39 is 0 Å². The maximum absolute atomic E-state index is 12.5. The summed E-state index contributed by atoms with van der Waals surface area (Å²) in [5.74, 6) is 0.858. The number of aromatic nitrogens is 1. The summed E-state index contributed by atoms with van der Waals surface area (Å²) >= 11 is 1.55. The number of nitrogens with one attached hydrogen (secondary N) is 1. The van der Waals surface area contributed by atoms with E-state index in [1.54, 1.807) is 23.1 Å². The van der Waals surface area contributed by atoms with E-state index in [2.05, 4.69) is 15.2 Å². The van der Waals surface area contributed by atoms with Crippen molar-refractivity contribution < 1.29 is 9.21 Å². The second kappa shape index (κ2) is 6.75. The molecule has 1 amide bonds. The number of hydrogen-bond donors (Lipinski definition) is 1. The highest BCUT2D eigenvalue weighted by atomic mass is 32.1. The first kappa shape index (κ1) is 15.4. The molecule has 3 heterocycles. The molecular formula is C18H19N3O2S. The summed E-state index contributed by atoms with van der Waals surface area (Å²) in [6, 6.07) is 9.61. The molecule has 2 aromatic heterocycles. The van der Waals surface area contributed by atoms with Crippen molar-refractivity contribution in [3.05, 3.63) is 53.4 Å². The van der Waals surface area contributed by atoms with Crippen LogP contribution in [0.15, 0.2) is 46.5 Å². The fraction of sp³-hybridized carbons (Fsp3) is 0.333. The number of carbonyl (C=O) groups excluding carboxylic acids is 1. The van der Waals surface area contributed by atoms with Crippen LogP contribution >= 0.6 is 11.3 Å². The van der Waals surface area contributed by atoms with Crippen molar-refractivity contribution in [1.29, 1.82) is 0 Å². The van der Waals surface area contributed by atoms with E-state index in [-0.39, 0.29) is 11.9 Å². The van der Waals surface area contributed by atoms with Gasteiger partial charge in [-0.15, -0.1) is 11.3 Å². The van der Waals surface area contributed by atoms with Gasteiger partial charge in [0.1, 0.15) is 5.76 Å². The van der Waals surface area contributed by atoms with Crippen molar-refractivity contribution in [3.8, 4) is 0 Å². The van der Waals surface area contributed by atoms with Crippen LogP contribution in [0.3, 0.4) is 0 Å². The maximum Gasteiger partial charge on any atom is 0.251 e. The largest absolute Gasteiger partial charge is 0.468 e. The first-order valence-corrected chi connectivity index (χ1v) is 9.08. The van der Waals surface area contributed by atoms with E-state index in [1.165, 1.54) is 12.8 Å². The highest BCUT2D eigenvalue weighted by molar-refractivity contribution is 7.16. The molecule has 0 saturated carbocycles. The Morgan fingerprint density at radius 3 is 3.00 bits per heavy atom. The third-order valence-electron chi connectivity index (χ3n) is 4.50. The van der Waals surface area contributed by atoms with Crippen molar-refractivity contribution in [3.63, 3.8) is 0 Å². The maximum atomic E-state index is 12.5. The number of likely N-dealkylation sites (tertiary alicyclic amines) is 1. The summed E-state index contributed by atoms with van der Waals surface area (Å²) in [5.41, 5.74) is 3.40. The topological polar surface area (TPSA) is 58.4 Å². The normalized spacial score (nSPS) is 16.5. The standard InChI is InChI=1S/C18H19N3O2S/c22-18(13-5-6-14-17(10-13)24-12-20-14)19-11-15(16-4-3-9-23-16)21-7-1-2-8-21/h3-6,9-10,12,15H,1-2,7-8,11H2,(H,19,22). The molecule has 6 heteroatoms. The highest BCUT2D eigenvalue weighted by Gasteiger charge is 2.26. The van der Waals surface area contributed by atoms with Gasteiger partial charge in [-0.3, -0.25) is 9.69 Å². The number of nitrogens with zero attached hydrogens (tertiary/aromatic N) is 2. The molecule has 3 aromatic rings. The number of benzene rings is 1. The summed E-state index contributed by atoms with van der Waals surface area (Å²) in [6.07, 6.45) is 4.10. The fourth-order valence-electron chi connectivity index (χ4n) is 3.23. The Morgan fingerprint density at radius 2 is 2.21 bits per heavy atom. The average Bonchev–Trinajstić information content (AvgIpc) is 3.36.